The van der Waals surface area contributed by atoms with E-state index >= 15 is 0 Å². The molecule has 0 saturated heterocycles. The van der Waals surface area contributed by atoms with E-state index in [0.717, 1.165) is 31.8 Å². The molecule has 0 spiro atoms. The Kier molecular flexibility index (Phi) is 4.78. The Morgan fingerprint density at radius 2 is 2.06 bits per heavy atom. The van der Waals surface area contributed by atoms with Gasteiger partial charge >= 0.3 is 0 Å². The Balaban J connectivity index is 1.62. The van der Waals surface area contributed by atoms with Gasteiger partial charge in [0.1, 0.15) is 5.75 Å². The van der Waals surface area contributed by atoms with Crippen LogP contribution >= 0.6 is 0 Å². The number of benzene rings is 1. The molecule has 0 saturated carbocycles. The van der Waals surface area contributed by atoms with E-state index in [1.54, 1.807) is 13.3 Å². The van der Waals surface area contributed by atoms with Crippen molar-refractivity contribution in [2.45, 2.75) is 13.0 Å². The van der Waals surface area contributed by atoms with Gasteiger partial charge in [-0.25, -0.2) is 4.98 Å². The highest BCUT2D eigenvalue weighted by atomic mass is 16.5. The molecule has 0 unspecified atom stereocenters. The van der Waals surface area contributed by atoms with E-state index in [-0.39, 0.29) is 0 Å². The number of imidazole rings is 1. The third-order valence-corrected chi connectivity index (χ3v) is 2.86. The molecule has 0 radical (unpaired) electrons. The molecule has 0 aliphatic rings. The van der Waals surface area contributed by atoms with Gasteiger partial charge in [-0.05, 0) is 30.7 Å². The summed E-state index contributed by atoms with van der Waals surface area (Å²) in [6.07, 6.45) is 6.65. The lowest BCUT2D eigenvalue weighted by molar-refractivity contribution is 0.414. The molecule has 4 nitrogen and oxygen atoms in total. The predicted octanol–water partition coefficient (Wildman–Crippen LogP) is 1.72. The van der Waals surface area contributed by atoms with Crippen LogP contribution in [0.25, 0.3) is 0 Å². The number of ether oxygens (including phenoxy) is 1. The maximum absolute atomic E-state index is 5.13. The number of hydrogen-bond donors (Lipinski definition) is 1. The minimum Gasteiger partial charge on any atom is -0.497 e. The second-order valence-electron chi connectivity index (χ2n) is 4.15. The van der Waals surface area contributed by atoms with E-state index in [1.807, 2.05) is 24.7 Å². The zero-order chi connectivity index (χ0) is 12.6. The molecule has 1 aromatic carbocycles. The third kappa shape index (κ3) is 3.89. The topological polar surface area (TPSA) is 39.1 Å². The number of methoxy groups -OCH3 is 1. The summed E-state index contributed by atoms with van der Waals surface area (Å²) in [5.74, 6) is 0.909. The van der Waals surface area contributed by atoms with Gasteiger partial charge in [0.15, 0.2) is 0 Å². The van der Waals surface area contributed by atoms with Crippen molar-refractivity contribution in [3.63, 3.8) is 0 Å². The second-order valence-corrected chi connectivity index (χ2v) is 4.15. The highest BCUT2D eigenvalue weighted by Gasteiger charge is 1.95. The first kappa shape index (κ1) is 12.6. The van der Waals surface area contributed by atoms with Gasteiger partial charge < -0.3 is 14.6 Å². The molecule has 0 amide bonds. The van der Waals surface area contributed by atoms with Gasteiger partial charge in [0.2, 0.25) is 0 Å². The van der Waals surface area contributed by atoms with Crippen molar-refractivity contribution < 1.29 is 4.74 Å². The van der Waals surface area contributed by atoms with Gasteiger partial charge in [-0.2, -0.15) is 0 Å². The van der Waals surface area contributed by atoms with E-state index in [4.69, 9.17) is 4.74 Å². The highest BCUT2D eigenvalue weighted by molar-refractivity contribution is 5.27. The molecule has 1 N–H and O–H groups in total. The van der Waals surface area contributed by atoms with Gasteiger partial charge in [-0.1, -0.05) is 12.1 Å². The van der Waals surface area contributed by atoms with E-state index < -0.39 is 0 Å². The van der Waals surface area contributed by atoms with Gasteiger partial charge in [-0.3, -0.25) is 0 Å². The van der Waals surface area contributed by atoms with Crippen molar-refractivity contribution in [3.05, 3.63) is 48.5 Å². The molecule has 0 atom stereocenters. The van der Waals surface area contributed by atoms with Crippen molar-refractivity contribution in [3.8, 4) is 5.75 Å². The van der Waals surface area contributed by atoms with Crippen LogP contribution in [0.4, 0.5) is 0 Å². The van der Waals surface area contributed by atoms with Crippen molar-refractivity contribution in [1.82, 2.24) is 14.9 Å². The third-order valence-electron chi connectivity index (χ3n) is 2.86. The molecular weight excluding hydrogens is 226 g/mol. The maximum Gasteiger partial charge on any atom is 0.118 e. The molecule has 4 heteroatoms. The quantitative estimate of drug-likeness (QED) is 0.755. The second kappa shape index (κ2) is 6.81. The molecule has 96 valence electrons. The van der Waals surface area contributed by atoms with E-state index in [2.05, 4.69) is 27.0 Å². The zero-order valence-electron chi connectivity index (χ0n) is 10.7. The first-order valence-electron chi connectivity index (χ1n) is 6.18. The fraction of sp³-hybridized carbons (Fsp3) is 0.357. The molecule has 18 heavy (non-hydrogen) atoms. The molecule has 0 aliphatic carbocycles. The van der Waals surface area contributed by atoms with Gasteiger partial charge in [-0.15, -0.1) is 0 Å². The first-order chi connectivity index (χ1) is 8.88. The van der Waals surface area contributed by atoms with Crippen LogP contribution in [-0.4, -0.2) is 29.8 Å². The molecule has 0 fully saturated rings. The molecule has 2 rings (SSSR count). The number of hydrogen-bond acceptors (Lipinski definition) is 3. The molecule has 2 aromatic rings. The lowest BCUT2D eigenvalue weighted by atomic mass is 10.1. The maximum atomic E-state index is 5.13. The largest absolute Gasteiger partial charge is 0.497 e. The summed E-state index contributed by atoms with van der Waals surface area (Å²) in [6.45, 7) is 2.91. The smallest absolute Gasteiger partial charge is 0.118 e. The Labute approximate surface area is 108 Å². The van der Waals surface area contributed by atoms with E-state index in [0.29, 0.717) is 0 Å². The van der Waals surface area contributed by atoms with Crippen LogP contribution in [0.5, 0.6) is 5.75 Å². The lowest BCUT2D eigenvalue weighted by Crippen LogP contribution is -2.21. The van der Waals surface area contributed by atoms with Crippen LogP contribution < -0.4 is 10.1 Å². The van der Waals surface area contributed by atoms with Gasteiger partial charge in [0.05, 0.1) is 13.4 Å². The van der Waals surface area contributed by atoms with Gasteiger partial charge in [0.25, 0.3) is 0 Å². The SMILES string of the molecule is COc1ccc(CCNCCn2ccnc2)cc1. The molecular formula is C14H19N3O. The van der Waals surface area contributed by atoms with Crippen LogP contribution in [0.15, 0.2) is 43.0 Å². The average molecular weight is 245 g/mol. The predicted molar refractivity (Wildman–Crippen MR) is 71.8 cm³/mol. The average Bonchev–Trinajstić information content (AvgIpc) is 2.92. The van der Waals surface area contributed by atoms with Crippen LogP contribution in [0, 0.1) is 0 Å². The Bertz CT molecular complexity index is 437. The minimum absolute atomic E-state index is 0.909. The van der Waals surface area contributed by atoms with E-state index in [1.165, 1.54) is 5.56 Å². The van der Waals surface area contributed by atoms with Crippen LogP contribution in [-0.2, 0) is 13.0 Å². The monoisotopic (exact) mass is 245 g/mol. The summed E-state index contributed by atoms with van der Waals surface area (Å²) >= 11 is 0. The standard InChI is InChI=1S/C14H19N3O/c1-18-14-4-2-13(3-5-14)6-7-15-8-10-17-11-9-16-12-17/h2-5,9,11-12,15H,6-8,10H2,1H3. The van der Waals surface area contributed by atoms with Crippen molar-refractivity contribution in [2.75, 3.05) is 20.2 Å². The lowest BCUT2D eigenvalue weighted by Gasteiger charge is -2.06. The molecule has 1 heterocycles. The van der Waals surface area contributed by atoms with Crippen molar-refractivity contribution in [1.29, 1.82) is 0 Å². The summed E-state index contributed by atoms with van der Waals surface area (Å²) in [5.41, 5.74) is 1.32. The Morgan fingerprint density at radius 1 is 1.22 bits per heavy atom. The van der Waals surface area contributed by atoms with Crippen LogP contribution in [0.1, 0.15) is 5.56 Å². The van der Waals surface area contributed by atoms with Gasteiger partial charge in [0, 0.05) is 25.5 Å². The van der Waals surface area contributed by atoms with E-state index in [9.17, 15) is 0 Å². The summed E-state index contributed by atoms with van der Waals surface area (Å²) in [7, 11) is 1.69. The Morgan fingerprint density at radius 3 is 2.72 bits per heavy atom. The Hall–Kier alpha value is -1.81. The highest BCUT2D eigenvalue weighted by Crippen LogP contribution is 2.11. The fourth-order valence-corrected chi connectivity index (χ4v) is 1.78. The normalized spacial score (nSPS) is 10.5. The molecule has 0 aliphatic heterocycles. The number of aromatic nitrogens is 2. The number of nitrogens with one attached hydrogen (secondary N) is 1. The fourth-order valence-electron chi connectivity index (χ4n) is 1.78. The number of nitrogens with zero attached hydrogens (tertiary/aromatic N) is 2. The summed E-state index contributed by atoms with van der Waals surface area (Å²) < 4.78 is 7.20. The zero-order valence-corrected chi connectivity index (χ0v) is 10.7. The molecule has 1 aromatic heterocycles. The summed E-state index contributed by atoms with van der Waals surface area (Å²) in [5, 5.41) is 3.42. The van der Waals surface area contributed by atoms with Crippen LogP contribution in [0.2, 0.25) is 0 Å². The van der Waals surface area contributed by atoms with Crippen molar-refractivity contribution in [2.24, 2.45) is 0 Å². The number of rotatable bonds is 7. The minimum atomic E-state index is 0.909. The summed E-state index contributed by atoms with van der Waals surface area (Å²) in [6, 6.07) is 8.22. The van der Waals surface area contributed by atoms with Crippen LogP contribution in [0.3, 0.4) is 0 Å². The summed E-state index contributed by atoms with van der Waals surface area (Å²) in [4.78, 5) is 4.01. The first-order valence-corrected chi connectivity index (χ1v) is 6.18. The van der Waals surface area contributed by atoms with Crippen molar-refractivity contribution >= 4 is 0 Å². The molecule has 0 bridgehead atoms.